The highest BCUT2D eigenvalue weighted by Gasteiger charge is 2.16. The molecule has 0 radical (unpaired) electrons. The van der Waals surface area contributed by atoms with Crippen molar-refractivity contribution >= 4 is 15.7 Å². The summed E-state index contributed by atoms with van der Waals surface area (Å²) in [6, 6.07) is 13.6. The van der Waals surface area contributed by atoms with Crippen LogP contribution in [0.5, 0.6) is 5.75 Å². The molecule has 0 heterocycles. The van der Waals surface area contributed by atoms with Crippen molar-refractivity contribution in [2.24, 2.45) is 5.73 Å². The second-order valence-electron chi connectivity index (χ2n) is 4.54. The molecule has 0 atom stereocenters. The molecule has 0 saturated carbocycles. The van der Waals surface area contributed by atoms with Crippen LogP contribution < -0.4 is 15.2 Å². The number of ether oxygens (including phenoxy) is 1. The minimum atomic E-state index is -3.61. The van der Waals surface area contributed by atoms with Crippen molar-refractivity contribution in [2.75, 3.05) is 17.9 Å². The Bertz CT molecular complexity index is 714. The van der Waals surface area contributed by atoms with Crippen LogP contribution in [0.15, 0.2) is 53.4 Å². The number of nitrogens with one attached hydrogen (secondary N) is 1. The van der Waals surface area contributed by atoms with Gasteiger partial charge in [0.2, 0.25) is 0 Å². The van der Waals surface area contributed by atoms with E-state index in [0.29, 0.717) is 30.2 Å². The van der Waals surface area contributed by atoms with Crippen LogP contribution in [0, 0.1) is 6.92 Å². The van der Waals surface area contributed by atoms with E-state index in [1.807, 2.05) is 0 Å². The summed E-state index contributed by atoms with van der Waals surface area (Å²) in [6.07, 6.45) is 0. The minimum absolute atomic E-state index is 0.262. The van der Waals surface area contributed by atoms with Crippen molar-refractivity contribution in [3.8, 4) is 5.75 Å². The molecule has 21 heavy (non-hydrogen) atoms. The summed E-state index contributed by atoms with van der Waals surface area (Å²) < 4.78 is 32.7. The molecular formula is C15H18N2O3S. The van der Waals surface area contributed by atoms with Gasteiger partial charge in [0.15, 0.2) is 0 Å². The summed E-state index contributed by atoms with van der Waals surface area (Å²) in [7, 11) is -3.61. The van der Waals surface area contributed by atoms with E-state index < -0.39 is 10.0 Å². The van der Waals surface area contributed by atoms with Crippen LogP contribution in [0.3, 0.4) is 0 Å². The Balaban J connectivity index is 2.23. The van der Waals surface area contributed by atoms with Crippen LogP contribution in [0.1, 0.15) is 5.56 Å². The molecule has 0 aliphatic rings. The lowest BCUT2D eigenvalue weighted by Gasteiger charge is -2.11. The van der Waals surface area contributed by atoms with Crippen molar-refractivity contribution in [1.82, 2.24) is 0 Å². The molecule has 2 rings (SSSR count). The molecule has 0 aliphatic carbocycles. The Morgan fingerprint density at radius 3 is 2.62 bits per heavy atom. The fraction of sp³-hybridized carbons (Fsp3) is 0.200. The lowest BCUT2D eigenvalue weighted by molar-refractivity contribution is 0.328. The average molecular weight is 306 g/mol. The van der Waals surface area contributed by atoms with Crippen LogP contribution in [0.2, 0.25) is 0 Å². The highest BCUT2D eigenvalue weighted by Crippen LogP contribution is 2.22. The second-order valence-corrected chi connectivity index (χ2v) is 6.19. The number of aryl methyl sites for hydroxylation is 1. The Morgan fingerprint density at radius 1 is 1.14 bits per heavy atom. The van der Waals surface area contributed by atoms with Gasteiger partial charge >= 0.3 is 0 Å². The van der Waals surface area contributed by atoms with Crippen LogP contribution in [-0.4, -0.2) is 21.6 Å². The van der Waals surface area contributed by atoms with Gasteiger partial charge in [-0.15, -0.1) is 0 Å². The normalized spacial score (nSPS) is 11.1. The molecule has 0 bridgehead atoms. The maximum Gasteiger partial charge on any atom is 0.262 e. The summed E-state index contributed by atoms with van der Waals surface area (Å²) in [4.78, 5) is 0.262. The van der Waals surface area contributed by atoms with E-state index in [4.69, 9.17) is 10.5 Å². The van der Waals surface area contributed by atoms with Gasteiger partial charge in [0.1, 0.15) is 12.4 Å². The van der Waals surface area contributed by atoms with Crippen molar-refractivity contribution < 1.29 is 13.2 Å². The molecule has 0 amide bonds. The van der Waals surface area contributed by atoms with E-state index in [0.717, 1.165) is 0 Å². The number of anilines is 1. The monoisotopic (exact) mass is 306 g/mol. The van der Waals surface area contributed by atoms with Crippen molar-refractivity contribution in [2.45, 2.75) is 11.8 Å². The quantitative estimate of drug-likeness (QED) is 0.856. The SMILES string of the molecule is Cc1ccccc1S(=O)(=O)Nc1cccc(OCCN)c1. The first-order valence-electron chi connectivity index (χ1n) is 6.54. The lowest BCUT2D eigenvalue weighted by Crippen LogP contribution is -2.14. The van der Waals surface area contributed by atoms with Gasteiger partial charge in [-0.3, -0.25) is 4.72 Å². The van der Waals surface area contributed by atoms with Gasteiger partial charge in [-0.2, -0.15) is 0 Å². The molecule has 0 aliphatic heterocycles. The predicted molar refractivity (Wildman–Crippen MR) is 83.0 cm³/mol. The molecule has 3 N–H and O–H groups in total. The molecule has 0 fully saturated rings. The number of hydrogen-bond acceptors (Lipinski definition) is 4. The molecule has 2 aromatic rings. The first-order valence-corrected chi connectivity index (χ1v) is 8.02. The van der Waals surface area contributed by atoms with Crippen molar-refractivity contribution in [1.29, 1.82) is 0 Å². The third-order valence-electron chi connectivity index (χ3n) is 2.86. The highest BCUT2D eigenvalue weighted by molar-refractivity contribution is 7.92. The molecular weight excluding hydrogens is 288 g/mol. The van der Waals surface area contributed by atoms with Gasteiger partial charge in [0.25, 0.3) is 10.0 Å². The number of hydrogen-bond donors (Lipinski definition) is 2. The molecule has 0 aromatic heterocycles. The maximum atomic E-state index is 12.4. The summed E-state index contributed by atoms with van der Waals surface area (Å²) in [5.74, 6) is 0.574. The third-order valence-corrected chi connectivity index (χ3v) is 4.40. The van der Waals surface area contributed by atoms with E-state index in [2.05, 4.69) is 4.72 Å². The van der Waals surface area contributed by atoms with Crippen LogP contribution >= 0.6 is 0 Å². The zero-order valence-corrected chi connectivity index (χ0v) is 12.6. The van der Waals surface area contributed by atoms with E-state index in [9.17, 15) is 8.42 Å². The second kappa shape index (κ2) is 6.60. The Labute approximate surface area is 124 Å². The number of nitrogens with two attached hydrogens (primary N) is 1. The number of benzene rings is 2. The molecule has 6 heteroatoms. The molecule has 0 saturated heterocycles. The minimum Gasteiger partial charge on any atom is -0.492 e. The number of sulfonamides is 1. The Hall–Kier alpha value is -2.05. The zero-order chi connectivity index (χ0) is 15.3. The fourth-order valence-electron chi connectivity index (χ4n) is 1.89. The molecule has 0 spiro atoms. The van der Waals surface area contributed by atoms with Gasteiger partial charge in [-0.1, -0.05) is 24.3 Å². The third kappa shape index (κ3) is 3.96. The zero-order valence-electron chi connectivity index (χ0n) is 11.7. The first-order chi connectivity index (χ1) is 10.0. The summed E-state index contributed by atoms with van der Waals surface area (Å²) in [5, 5.41) is 0. The van der Waals surface area contributed by atoms with Gasteiger partial charge in [0.05, 0.1) is 10.6 Å². The van der Waals surface area contributed by atoms with Crippen LogP contribution in [-0.2, 0) is 10.0 Å². The van der Waals surface area contributed by atoms with E-state index in [1.165, 1.54) is 0 Å². The standard InChI is InChI=1S/C15H18N2O3S/c1-12-5-2-3-8-15(12)21(18,19)17-13-6-4-7-14(11-13)20-10-9-16/h2-8,11,17H,9-10,16H2,1H3. The van der Waals surface area contributed by atoms with Gasteiger partial charge < -0.3 is 10.5 Å². The van der Waals surface area contributed by atoms with Gasteiger partial charge in [-0.05, 0) is 30.7 Å². The lowest BCUT2D eigenvalue weighted by atomic mass is 10.2. The maximum absolute atomic E-state index is 12.4. The summed E-state index contributed by atoms with van der Waals surface area (Å²) in [6.45, 7) is 2.54. The summed E-state index contributed by atoms with van der Waals surface area (Å²) in [5.41, 5.74) is 6.52. The molecule has 2 aromatic carbocycles. The van der Waals surface area contributed by atoms with Gasteiger partial charge in [0, 0.05) is 12.6 Å². The Morgan fingerprint density at radius 2 is 1.90 bits per heavy atom. The van der Waals surface area contributed by atoms with E-state index in [-0.39, 0.29) is 4.90 Å². The highest BCUT2D eigenvalue weighted by atomic mass is 32.2. The van der Waals surface area contributed by atoms with Crippen molar-refractivity contribution in [3.63, 3.8) is 0 Å². The Kier molecular flexibility index (Phi) is 4.82. The van der Waals surface area contributed by atoms with Crippen LogP contribution in [0.25, 0.3) is 0 Å². The smallest absolute Gasteiger partial charge is 0.262 e. The molecule has 0 unspecified atom stereocenters. The molecule has 5 nitrogen and oxygen atoms in total. The summed E-state index contributed by atoms with van der Waals surface area (Å²) >= 11 is 0. The first kappa shape index (κ1) is 15.3. The number of rotatable bonds is 6. The fourth-order valence-corrected chi connectivity index (χ4v) is 3.19. The molecule has 112 valence electrons. The van der Waals surface area contributed by atoms with Gasteiger partial charge in [-0.25, -0.2) is 8.42 Å². The largest absolute Gasteiger partial charge is 0.492 e. The van der Waals surface area contributed by atoms with E-state index >= 15 is 0 Å². The topological polar surface area (TPSA) is 81.4 Å². The predicted octanol–water partition coefficient (Wildman–Crippen LogP) is 2.13. The average Bonchev–Trinajstić information content (AvgIpc) is 2.45. The van der Waals surface area contributed by atoms with Crippen LogP contribution in [0.4, 0.5) is 5.69 Å². The van der Waals surface area contributed by atoms with Crippen molar-refractivity contribution in [3.05, 3.63) is 54.1 Å². The van der Waals surface area contributed by atoms with E-state index in [1.54, 1.807) is 55.5 Å².